The molecule has 0 fully saturated rings. The molecule has 0 aliphatic rings. The van der Waals surface area contributed by atoms with Crippen molar-refractivity contribution < 1.29 is 31.7 Å². The minimum absolute atomic E-state index is 0.102. The fourth-order valence-corrected chi connectivity index (χ4v) is 2.32. The average molecular weight is 403 g/mol. The first-order valence-electron chi connectivity index (χ1n) is 7.87. The monoisotopic (exact) mass is 403 g/mol. The van der Waals surface area contributed by atoms with Crippen LogP contribution in [-0.2, 0) is 17.5 Å². The van der Waals surface area contributed by atoms with Gasteiger partial charge in [-0.15, -0.1) is 0 Å². The zero-order valence-electron chi connectivity index (χ0n) is 14.1. The van der Waals surface area contributed by atoms with Crippen molar-refractivity contribution in [2.75, 3.05) is 11.9 Å². The summed E-state index contributed by atoms with van der Waals surface area (Å²) in [5.74, 6) is -2.10. The smallest absolute Gasteiger partial charge is 0.379 e. The predicted molar refractivity (Wildman–Crippen MR) is 89.4 cm³/mol. The highest BCUT2D eigenvalue weighted by Gasteiger charge is 2.33. The van der Waals surface area contributed by atoms with Gasteiger partial charge in [0.05, 0.1) is 10.5 Å². The van der Waals surface area contributed by atoms with Crippen LogP contribution < -0.4 is 10.6 Å². The highest BCUT2D eigenvalue weighted by atomic mass is 19.4. The van der Waals surface area contributed by atoms with Gasteiger partial charge in [0.15, 0.2) is 0 Å². The van der Waals surface area contributed by atoms with Gasteiger partial charge in [0.1, 0.15) is 17.3 Å². The molecule has 0 radical (unpaired) electrons. The van der Waals surface area contributed by atoms with Crippen molar-refractivity contribution >= 4 is 17.3 Å². The summed E-state index contributed by atoms with van der Waals surface area (Å²) in [6, 6.07) is 4.79. The number of halogens is 5. The minimum Gasteiger partial charge on any atom is -0.379 e. The second-order valence-corrected chi connectivity index (χ2v) is 5.72. The Morgan fingerprint density at radius 3 is 2.29 bits per heavy atom. The summed E-state index contributed by atoms with van der Waals surface area (Å²) in [4.78, 5) is 21.8. The Morgan fingerprint density at radius 1 is 1.07 bits per heavy atom. The lowest BCUT2D eigenvalue weighted by atomic mass is 10.1. The second kappa shape index (κ2) is 8.63. The van der Waals surface area contributed by atoms with E-state index < -0.39 is 39.9 Å². The van der Waals surface area contributed by atoms with Crippen molar-refractivity contribution in [2.24, 2.45) is 0 Å². The van der Waals surface area contributed by atoms with E-state index in [0.29, 0.717) is 18.2 Å². The number of anilines is 1. The molecule has 0 heterocycles. The molecule has 2 aromatic carbocycles. The van der Waals surface area contributed by atoms with Crippen molar-refractivity contribution in [2.45, 2.75) is 19.1 Å². The van der Waals surface area contributed by atoms with Gasteiger partial charge in [-0.3, -0.25) is 14.9 Å². The van der Waals surface area contributed by atoms with Crippen LogP contribution in [0.5, 0.6) is 0 Å². The number of hydrogen-bond donors (Lipinski definition) is 2. The number of amides is 1. The first kappa shape index (κ1) is 21.1. The van der Waals surface area contributed by atoms with Crippen LogP contribution in [0.25, 0.3) is 0 Å². The van der Waals surface area contributed by atoms with E-state index in [9.17, 15) is 36.9 Å². The molecule has 2 rings (SSSR count). The van der Waals surface area contributed by atoms with Crippen LogP contribution in [0, 0.1) is 21.7 Å². The lowest BCUT2D eigenvalue weighted by molar-refractivity contribution is -0.384. The van der Waals surface area contributed by atoms with Crippen LogP contribution >= 0.6 is 0 Å². The van der Waals surface area contributed by atoms with Crippen molar-refractivity contribution in [3.8, 4) is 0 Å². The molecular formula is C17H14F5N3O3. The van der Waals surface area contributed by atoms with Crippen molar-refractivity contribution in [3.05, 3.63) is 69.3 Å². The Labute approximate surface area is 155 Å². The van der Waals surface area contributed by atoms with E-state index in [4.69, 9.17) is 0 Å². The molecule has 150 valence electrons. The van der Waals surface area contributed by atoms with E-state index in [1.54, 1.807) is 0 Å². The van der Waals surface area contributed by atoms with Gasteiger partial charge in [-0.05, 0) is 29.8 Å². The Balaban J connectivity index is 1.91. The number of alkyl halides is 3. The Kier molecular flexibility index (Phi) is 6.49. The topological polar surface area (TPSA) is 84.3 Å². The summed E-state index contributed by atoms with van der Waals surface area (Å²) in [5.41, 5.74) is -1.90. The summed E-state index contributed by atoms with van der Waals surface area (Å²) in [6.45, 7) is -0.233. The highest BCUT2D eigenvalue weighted by Crippen LogP contribution is 2.34. The van der Waals surface area contributed by atoms with Crippen molar-refractivity contribution in [3.63, 3.8) is 0 Å². The minimum atomic E-state index is -4.72. The molecule has 0 spiro atoms. The fraction of sp³-hybridized carbons (Fsp3) is 0.235. The van der Waals surface area contributed by atoms with Crippen LogP contribution in [0.4, 0.5) is 33.3 Å². The summed E-state index contributed by atoms with van der Waals surface area (Å²) in [5, 5.41) is 15.9. The maximum atomic E-state index is 13.1. The van der Waals surface area contributed by atoms with Gasteiger partial charge >= 0.3 is 6.18 Å². The number of benzene rings is 2. The van der Waals surface area contributed by atoms with Crippen molar-refractivity contribution in [1.82, 2.24) is 5.32 Å². The van der Waals surface area contributed by atoms with Gasteiger partial charge in [-0.1, -0.05) is 0 Å². The third-order valence-corrected chi connectivity index (χ3v) is 3.60. The summed E-state index contributed by atoms with van der Waals surface area (Å²) in [7, 11) is 0. The molecule has 0 aliphatic heterocycles. The van der Waals surface area contributed by atoms with Crippen LogP contribution in [0.1, 0.15) is 17.5 Å². The molecule has 0 unspecified atom stereocenters. The van der Waals surface area contributed by atoms with E-state index >= 15 is 0 Å². The SMILES string of the molecule is O=C(CCNc1ccc(C(F)(F)F)cc1[N+](=O)[O-])NCc1cc(F)cc(F)c1. The fourth-order valence-electron chi connectivity index (χ4n) is 2.32. The van der Waals surface area contributed by atoms with E-state index in [1.807, 2.05) is 0 Å². The molecule has 6 nitrogen and oxygen atoms in total. The molecule has 0 saturated heterocycles. The maximum absolute atomic E-state index is 13.1. The van der Waals surface area contributed by atoms with Gasteiger partial charge in [0.25, 0.3) is 5.69 Å². The first-order chi connectivity index (χ1) is 13.1. The Hall–Kier alpha value is -3.24. The molecule has 0 bridgehead atoms. The molecule has 28 heavy (non-hydrogen) atoms. The first-order valence-corrected chi connectivity index (χ1v) is 7.87. The number of carbonyl (C=O) groups excluding carboxylic acids is 1. The van der Waals surface area contributed by atoms with Gasteiger partial charge in [-0.25, -0.2) is 8.78 Å². The Bertz CT molecular complexity index is 867. The number of nitrogens with one attached hydrogen (secondary N) is 2. The largest absolute Gasteiger partial charge is 0.416 e. The molecule has 2 N–H and O–H groups in total. The molecule has 1 amide bonds. The van der Waals surface area contributed by atoms with Crippen LogP contribution in [0.3, 0.4) is 0 Å². The lowest BCUT2D eigenvalue weighted by Crippen LogP contribution is -2.25. The van der Waals surface area contributed by atoms with E-state index in [2.05, 4.69) is 10.6 Å². The molecule has 0 saturated carbocycles. The van der Waals surface area contributed by atoms with Gasteiger partial charge < -0.3 is 10.6 Å². The third kappa shape index (κ3) is 5.89. The molecule has 0 atom stereocenters. The number of nitro groups is 1. The summed E-state index contributed by atoms with van der Waals surface area (Å²) >= 11 is 0. The van der Waals surface area contributed by atoms with Gasteiger partial charge in [0.2, 0.25) is 5.91 Å². The van der Waals surface area contributed by atoms with Crippen molar-refractivity contribution in [1.29, 1.82) is 0 Å². The zero-order chi connectivity index (χ0) is 20.9. The summed E-state index contributed by atoms with van der Waals surface area (Å²) < 4.78 is 64.1. The molecule has 0 aromatic heterocycles. The third-order valence-electron chi connectivity index (χ3n) is 3.60. The molecule has 0 aliphatic carbocycles. The quantitative estimate of drug-likeness (QED) is 0.416. The van der Waals surface area contributed by atoms with E-state index in [0.717, 1.165) is 18.2 Å². The molecular weight excluding hydrogens is 389 g/mol. The molecule has 2 aromatic rings. The van der Waals surface area contributed by atoms with E-state index in [1.165, 1.54) is 0 Å². The zero-order valence-corrected chi connectivity index (χ0v) is 14.1. The standard InChI is InChI=1S/C17H14F5N3O3/c18-12-5-10(6-13(19)8-12)9-24-16(26)3-4-23-14-2-1-11(17(20,21)22)7-15(14)25(27)28/h1-2,5-8,23H,3-4,9H2,(H,24,26). The van der Waals surface area contributed by atoms with Crippen LogP contribution in [0.2, 0.25) is 0 Å². The van der Waals surface area contributed by atoms with Gasteiger partial charge in [-0.2, -0.15) is 13.2 Å². The number of nitro benzene ring substituents is 1. The Morgan fingerprint density at radius 2 is 1.71 bits per heavy atom. The number of hydrogen-bond acceptors (Lipinski definition) is 4. The maximum Gasteiger partial charge on any atom is 0.416 e. The number of nitrogens with zero attached hydrogens (tertiary/aromatic N) is 1. The normalized spacial score (nSPS) is 11.2. The predicted octanol–water partition coefficient (Wildman–Crippen LogP) is 4.01. The van der Waals surface area contributed by atoms with Crippen LogP contribution in [-0.4, -0.2) is 17.4 Å². The number of rotatable bonds is 7. The highest BCUT2D eigenvalue weighted by molar-refractivity contribution is 5.76. The summed E-state index contributed by atoms with van der Waals surface area (Å²) in [6.07, 6.45) is -4.89. The van der Waals surface area contributed by atoms with E-state index in [-0.39, 0.29) is 30.8 Å². The average Bonchev–Trinajstić information content (AvgIpc) is 2.58. The molecule has 11 heteroatoms. The van der Waals surface area contributed by atoms with Gasteiger partial charge in [0, 0.05) is 31.6 Å². The number of carbonyl (C=O) groups is 1. The lowest BCUT2D eigenvalue weighted by Gasteiger charge is -2.11. The second-order valence-electron chi connectivity index (χ2n) is 5.72. The van der Waals surface area contributed by atoms with Crippen LogP contribution in [0.15, 0.2) is 36.4 Å².